The van der Waals surface area contributed by atoms with Gasteiger partial charge in [-0.3, -0.25) is 9.78 Å². The lowest BCUT2D eigenvalue weighted by Crippen LogP contribution is -2.56. The molecule has 10 nitrogen and oxygen atoms in total. The van der Waals surface area contributed by atoms with E-state index in [1.165, 1.54) is 0 Å². The molecule has 0 amide bonds. The number of aromatic amines is 2. The number of hydrogen-bond donors (Lipinski definition) is 7. The van der Waals surface area contributed by atoms with Gasteiger partial charge in [-0.05, 0) is 0 Å². The quantitative estimate of drug-likeness (QED) is 0.296. The van der Waals surface area contributed by atoms with Crippen LogP contribution in [0.15, 0.2) is 9.59 Å². The predicted molar refractivity (Wildman–Crippen MR) is 66.3 cm³/mol. The van der Waals surface area contributed by atoms with Gasteiger partial charge in [0.05, 0.1) is 24.5 Å². The van der Waals surface area contributed by atoms with Crippen molar-refractivity contribution in [3.05, 3.63) is 32.1 Å². The molecule has 7 N–H and O–H groups in total. The number of aliphatic hydroxyl groups is 5. The van der Waals surface area contributed by atoms with Crippen LogP contribution in [0.2, 0.25) is 0 Å². The molecule has 1 unspecified atom stereocenters. The summed E-state index contributed by atoms with van der Waals surface area (Å²) in [6, 6.07) is 0. The van der Waals surface area contributed by atoms with E-state index in [0.717, 1.165) is 0 Å². The molecule has 1 fully saturated rings. The van der Waals surface area contributed by atoms with E-state index >= 15 is 0 Å². The van der Waals surface area contributed by atoms with Gasteiger partial charge in [0, 0.05) is 0 Å². The van der Waals surface area contributed by atoms with E-state index in [-0.39, 0.29) is 11.3 Å². The van der Waals surface area contributed by atoms with Gasteiger partial charge in [0.25, 0.3) is 5.56 Å². The second-order valence-electron chi connectivity index (χ2n) is 4.71. The smallest absolute Gasteiger partial charge is 0.325 e. The van der Waals surface area contributed by atoms with E-state index < -0.39 is 55.0 Å². The average molecular weight is 304 g/mol. The highest BCUT2D eigenvalue weighted by atomic mass is 16.5. The number of aliphatic hydroxyl groups excluding tert-OH is 5. The SMILES string of the molecule is O=c1[nH]c(C2O[C@H](CO)[C@@H](O)[C@H](O)[C@H]2O)c(CO)c(=O)[nH]1. The van der Waals surface area contributed by atoms with Gasteiger partial charge in [-0.2, -0.15) is 0 Å². The molecular formula is C11H16N2O8. The third-order valence-electron chi connectivity index (χ3n) is 3.41. The van der Waals surface area contributed by atoms with Crippen LogP contribution in [0.4, 0.5) is 0 Å². The highest BCUT2D eigenvalue weighted by Gasteiger charge is 2.45. The van der Waals surface area contributed by atoms with Gasteiger partial charge >= 0.3 is 5.69 Å². The van der Waals surface area contributed by atoms with Crippen molar-refractivity contribution in [2.45, 2.75) is 37.1 Å². The third kappa shape index (κ3) is 2.77. The standard InChI is InChI=1S/C11H16N2O8/c14-1-3-5(12-11(20)13-10(3)19)9-8(18)7(17)6(16)4(2-15)21-9/h4,6-9,14-18H,1-2H2,(H2,12,13,19,20)/t4-,6-,7+,8-,9?/m1/s1. The molecule has 1 saturated heterocycles. The first-order valence-electron chi connectivity index (χ1n) is 6.17. The fourth-order valence-electron chi connectivity index (χ4n) is 2.27. The first-order valence-corrected chi connectivity index (χ1v) is 6.17. The van der Waals surface area contributed by atoms with Gasteiger partial charge < -0.3 is 35.3 Å². The van der Waals surface area contributed by atoms with E-state index in [4.69, 9.17) is 9.84 Å². The molecule has 1 aromatic heterocycles. The Bertz CT molecular complexity index is 609. The predicted octanol–water partition coefficient (Wildman–Crippen LogP) is -3.93. The van der Waals surface area contributed by atoms with Gasteiger partial charge in [0.15, 0.2) is 0 Å². The zero-order chi connectivity index (χ0) is 15.7. The van der Waals surface area contributed by atoms with E-state index in [2.05, 4.69) is 4.98 Å². The Kier molecular flexibility index (Phi) is 4.56. The Balaban J connectivity index is 2.50. The molecule has 2 heterocycles. The summed E-state index contributed by atoms with van der Waals surface area (Å²) in [5.41, 5.74) is -2.22. The summed E-state index contributed by atoms with van der Waals surface area (Å²) in [5, 5.41) is 47.6. The van der Waals surface area contributed by atoms with E-state index in [9.17, 15) is 30.0 Å². The minimum Gasteiger partial charge on any atom is -0.394 e. The van der Waals surface area contributed by atoms with Crippen molar-refractivity contribution in [2.24, 2.45) is 0 Å². The summed E-state index contributed by atoms with van der Waals surface area (Å²) in [4.78, 5) is 27.1. The molecular weight excluding hydrogens is 288 g/mol. The van der Waals surface area contributed by atoms with E-state index in [0.29, 0.717) is 0 Å². The fraction of sp³-hybridized carbons (Fsp3) is 0.636. The lowest BCUT2D eigenvalue weighted by atomic mass is 9.92. The molecule has 2 rings (SSSR count). The summed E-state index contributed by atoms with van der Waals surface area (Å²) in [7, 11) is 0. The third-order valence-corrected chi connectivity index (χ3v) is 3.41. The number of hydrogen-bond acceptors (Lipinski definition) is 8. The summed E-state index contributed by atoms with van der Waals surface area (Å²) in [6.45, 7) is -1.39. The highest BCUT2D eigenvalue weighted by Crippen LogP contribution is 2.31. The minimum absolute atomic E-state index is 0.219. The van der Waals surface area contributed by atoms with Gasteiger partial charge in [-0.15, -0.1) is 0 Å². The lowest BCUT2D eigenvalue weighted by Gasteiger charge is -2.40. The van der Waals surface area contributed by atoms with Crippen molar-refractivity contribution >= 4 is 0 Å². The molecule has 0 bridgehead atoms. The molecule has 21 heavy (non-hydrogen) atoms. The monoisotopic (exact) mass is 304 g/mol. The summed E-state index contributed by atoms with van der Waals surface area (Å²) in [6.07, 6.45) is -7.46. The van der Waals surface area contributed by atoms with Crippen LogP contribution >= 0.6 is 0 Å². The maximum atomic E-state index is 11.6. The molecule has 10 heteroatoms. The Morgan fingerprint density at radius 2 is 1.67 bits per heavy atom. The van der Waals surface area contributed by atoms with Crippen LogP contribution in [0.3, 0.4) is 0 Å². The Labute approximate surface area is 117 Å². The fourth-order valence-corrected chi connectivity index (χ4v) is 2.27. The van der Waals surface area contributed by atoms with Crippen LogP contribution in [0, 0.1) is 0 Å². The van der Waals surface area contributed by atoms with Crippen molar-refractivity contribution in [3.8, 4) is 0 Å². The number of rotatable bonds is 3. The van der Waals surface area contributed by atoms with E-state index in [1.54, 1.807) is 0 Å². The number of nitrogens with one attached hydrogen (secondary N) is 2. The van der Waals surface area contributed by atoms with Gasteiger partial charge in [0.2, 0.25) is 0 Å². The normalized spacial score (nSPS) is 33.1. The van der Waals surface area contributed by atoms with Crippen LogP contribution in [0.25, 0.3) is 0 Å². The average Bonchev–Trinajstić information content (AvgIpc) is 2.44. The molecule has 0 aliphatic carbocycles. The zero-order valence-corrected chi connectivity index (χ0v) is 10.8. The second-order valence-corrected chi connectivity index (χ2v) is 4.71. The summed E-state index contributed by atoms with van der Waals surface area (Å²) >= 11 is 0. The van der Waals surface area contributed by atoms with Crippen molar-refractivity contribution in [1.29, 1.82) is 0 Å². The Morgan fingerprint density at radius 1 is 1.00 bits per heavy atom. The van der Waals surface area contributed by atoms with Crippen LogP contribution in [0.1, 0.15) is 17.4 Å². The highest BCUT2D eigenvalue weighted by molar-refractivity contribution is 5.20. The van der Waals surface area contributed by atoms with Crippen molar-refractivity contribution in [3.63, 3.8) is 0 Å². The summed E-state index contributed by atoms with van der Waals surface area (Å²) in [5.74, 6) is 0. The molecule has 5 atom stereocenters. The van der Waals surface area contributed by atoms with Crippen LogP contribution in [-0.4, -0.2) is 66.5 Å². The van der Waals surface area contributed by atoms with Gasteiger partial charge in [-0.25, -0.2) is 4.79 Å². The van der Waals surface area contributed by atoms with E-state index in [1.807, 2.05) is 4.98 Å². The molecule has 1 aliphatic rings. The zero-order valence-electron chi connectivity index (χ0n) is 10.8. The van der Waals surface area contributed by atoms with Gasteiger partial charge in [-0.1, -0.05) is 0 Å². The van der Waals surface area contributed by atoms with Gasteiger partial charge in [0.1, 0.15) is 30.5 Å². The largest absolute Gasteiger partial charge is 0.394 e. The number of aromatic nitrogens is 2. The summed E-state index contributed by atoms with van der Waals surface area (Å²) < 4.78 is 5.23. The molecule has 1 aromatic rings. The van der Waals surface area contributed by atoms with Crippen LogP contribution < -0.4 is 11.2 Å². The Hall–Kier alpha value is -1.56. The number of ether oxygens (including phenoxy) is 1. The van der Waals surface area contributed by atoms with Crippen molar-refractivity contribution in [2.75, 3.05) is 6.61 Å². The molecule has 0 spiro atoms. The molecule has 1 aliphatic heterocycles. The first kappa shape index (κ1) is 15.8. The molecule has 0 radical (unpaired) electrons. The first-order chi connectivity index (χ1) is 9.90. The van der Waals surface area contributed by atoms with Crippen LogP contribution in [0.5, 0.6) is 0 Å². The molecule has 0 aromatic carbocycles. The number of H-pyrrole nitrogens is 2. The maximum absolute atomic E-state index is 11.6. The van der Waals surface area contributed by atoms with Crippen LogP contribution in [-0.2, 0) is 11.3 Å². The molecule has 118 valence electrons. The van der Waals surface area contributed by atoms with Crippen molar-refractivity contribution < 1.29 is 30.3 Å². The Morgan fingerprint density at radius 3 is 2.24 bits per heavy atom. The van der Waals surface area contributed by atoms with Crippen molar-refractivity contribution in [1.82, 2.24) is 9.97 Å². The topological polar surface area (TPSA) is 176 Å². The molecule has 0 saturated carbocycles. The second kappa shape index (κ2) is 6.05. The minimum atomic E-state index is -1.66. The lowest BCUT2D eigenvalue weighted by molar-refractivity contribution is -0.233. The maximum Gasteiger partial charge on any atom is 0.325 e.